The van der Waals surface area contributed by atoms with Crippen molar-refractivity contribution in [3.8, 4) is 0 Å². The Morgan fingerprint density at radius 2 is 0.905 bits per heavy atom. The van der Waals surface area contributed by atoms with Crippen molar-refractivity contribution in [2.75, 3.05) is 9.80 Å². The fraction of sp³-hybridized carbons (Fsp3) is 0.115. The third-order valence-electron chi connectivity index (χ3n) is 9.06. The van der Waals surface area contributed by atoms with E-state index in [9.17, 15) is 27.2 Å². The summed E-state index contributed by atoms with van der Waals surface area (Å²) in [4.78, 5) is 28.6. The molecule has 0 aromatic heterocycles. The number of carbonyl (C=O) groups excluding carboxylic acids is 2. The van der Waals surface area contributed by atoms with Gasteiger partial charge < -0.3 is 9.80 Å². The number of hydrogen-bond donors (Lipinski definition) is 0. The van der Waals surface area contributed by atoms with Gasteiger partial charge in [-0.25, -0.2) is 41.9 Å². The van der Waals surface area contributed by atoms with Crippen LogP contribution in [0.2, 0.25) is 10.0 Å². The molecule has 0 atom stereocenters. The first-order valence-corrected chi connectivity index (χ1v) is 20.1. The van der Waals surface area contributed by atoms with Crippen molar-refractivity contribution in [2.24, 2.45) is 0 Å². The van der Waals surface area contributed by atoms with Crippen molar-refractivity contribution in [2.45, 2.75) is 39.8 Å². The molecular weight excluding hydrogens is 879 g/mol. The largest absolute Gasteiger partial charge is 4.00 e. The zero-order valence-electron chi connectivity index (χ0n) is 34.3. The first kappa shape index (κ1) is 49.9. The Labute approximate surface area is 391 Å². The SMILES string of the molecule is Cc1ccc(CN(C(=O)c2ccccc2Cl)c2ccc(F)[c-]c2F)cc1.Cc1ccc(CN(C(=O)c2ccccc2Cl)c2ccc(F)[c-]c2F)cc1.[C-]1=CC=CC1.[C-]1=CC=CC1.[Ti+4]. The Morgan fingerprint density at radius 1 is 0.540 bits per heavy atom. The minimum Gasteiger partial charge on any atom is -0.355 e. The van der Waals surface area contributed by atoms with E-state index in [2.05, 4.69) is 24.3 Å². The van der Waals surface area contributed by atoms with Crippen LogP contribution in [0.3, 0.4) is 0 Å². The molecule has 4 nitrogen and oxygen atoms in total. The minimum absolute atomic E-state index is 0. The van der Waals surface area contributed by atoms with Gasteiger partial charge in [0.1, 0.15) is 0 Å². The second-order valence-electron chi connectivity index (χ2n) is 13.7. The zero-order chi connectivity index (χ0) is 44.4. The molecule has 0 saturated carbocycles. The smallest absolute Gasteiger partial charge is 0.355 e. The van der Waals surface area contributed by atoms with E-state index in [1.165, 1.54) is 21.9 Å². The van der Waals surface area contributed by atoms with Crippen molar-refractivity contribution >= 4 is 46.4 Å². The predicted octanol–water partition coefficient (Wildman–Crippen LogP) is 13.8. The molecule has 0 N–H and O–H groups in total. The molecule has 63 heavy (non-hydrogen) atoms. The number of amides is 2. The van der Waals surface area contributed by atoms with E-state index < -0.39 is 35.1 Å². The Hall–Kier alpha value is -5.77. The molecule has 6 aromatic carbocycles. The molecule has 0 spiro atoms. The maximum Gasteiger partial charge on any atom is 4.00 e. The van der Waals surface area contributed by atoms with Gasteiger partial charge >= 0.3 is 21.7 Å². The number of halogens is 6. The van der Waals surface area contributed by atoms with Gasteiger partial charge in [-0.1, -0.05) is 107 Å². The van der Waals surface area contributed by atoms with Crippen LogP contribution in [-0.4, -0.2) is 11.8 Å². The first-order valence-electron chi connectivity index (χ1n) is 19.3. The zero-order valence-corrected chi connectivity index (χ0v) is 37.4. The minimum atomic E-state index is -0.933. The summed E-state index contributed by atoms with van der Waals surface area (Å²) in [5, 5.41) is 0.524. The molecule has 0 heterocycles. The van der Waals surface area contributed by atoms with Crippen LogP contribution in [0.25, 0.3) is 0 Å². The van der Waals surface area contributed by atoms with Crippen molar-refractivity contribution in [1.82, 2.24) is 0 Å². The Balaban J connectivity index is 0.000000223. The molecule has 2 aliphatic rings. The van der Waals surface area contributed by atoms with Crippen LogP contribution in [0.1, 0.15) is 55.8 Å². The van der Waals surface area contributed by atoms with Crippen LogP contribution in [0.4, 0.5) is 28.9 Å². The van der Waals surface area contributed by atoms with Gasteiger partial charge in [0.2, 0.25) is 11.8 Å². The molecule has 0 bridgehead atoms. The molecule has 8 rings (SSSR count). The number of carbonyl (C=O) groups is 2. The van der Waals surface area contributed by atoms with Crippen LogP contribution in [0.15, 0.2) is 158 Å². The number of hydrogen-bond acceptors (Lipinski definition) is 2. The molecule has 0 radical (unpaired) electrons. The van der Waals surface area contributed by atoms with E-state index in [-0.39, 0.29) is 67.4 Å². The van der Waals surface area contributed by atoms with E-state index in [0.29, 0.717) is 0 Å². The van der Waals surface area contributed by atoms with E-state index in [4.69, 9.17) is 23.2 Å². The van der Waals surface area contributed by atoms with Gasteiger partial charge in [-0.2, -0.15) is 12.2 Å². The van der Waals surface area contributed by atoms with Gasteiger partial charge in [0, 0.05) is 36.4 Å². The fourth-order valence-corrected chi connectivity index (χ4v) is 6.25. The van der Waals surface area contributed by atoms with E-state index in [1.54, 1.807) is 48.5 Å². The molecule has 11 heteroatoms. The van der Waals surface area contributed by atoms with E-state index >= 15 is 0 Å². The number of benzene rings is 6. The molecular formula is C52H40Cl2F4N2O2Ti. The van der Waals surface area contributed by atoms with Crippen LogP contribution < -0.4 is 9.80 Å². The molecule has 316 valence electrons. The maximum absolute atomic E-state index is 14.3. The second-order valence-corrected chi connectivity index (χ2v) is 14.5. The van der Waals surface area contributed by atoms with E-state index in [0.717, 1.165) is 47.2 Å². The van der Waals surface area contributed by atoms with Crippen molar-refractivity contribution < 1.29 is 48.9 Å². The Bertz CT molecular complexity index is 2380. The van der Waals surface area contributed by atoms with Crippen molar-refractivity contribution in [3.05, 3.63) is 249 Å². The van der Waals surface area contributed by atoms with E-state index in [1.807, 2.05) is 98.8 Å². The molecule has 6 aromatic rings. The summed E-state index contributed by atoms with van der Waals surface area (Å²) in [6, 6.07) is 36.6. The summed E-state index contributed by atoms with van der Waals surface area (Å²) in [5.41, 5.74) is 4.11. The summed E-state index contributed by atoms with van der Waals surface area (Å²) in [6.45, 7) is 4.12. The van der Waals surface area contributed by atoms with Gasteiger partial charge in [0.05, 0.1) is 21.2 Å². The van der Waals surface area contributed by atoms with Crippen molar-refractivity contribution in [1.29, 1.82) is 0 Å². The fourth-order valence-electron chi connectivity index (χ4n) is 5.81. The van der Waals surface area contributed by atoms with Crippen LogP contribution in [-0.2, 0) is 34.8 Å². The summed E-state index contributed by atoms with van der Waals surface area (Å²) < 4.78 is 55.1. The maximum atomic E-state index is 14.3. The molecule has 0 aliphatic heterocycles. The molecule has 2 amide bonds. The average Bonchev–Trinajstić information content (AvgIpc) is 4.06. The third kappa shape index (κ3) is 15.2. The predicted molar refractivity (Wildman–Crippen MR) is 240 cm³/mol. The number of allylic oxidation sites excluding steroid dienone is 8. The van der Waals surface area contributed by atoms with Gasteiger partial charge in [-0.15, -0.1) is 49.2 Å². The summed E-state index contributed by atoms with van der Waals surface area (Å²) >= 11 is 12.3. The van der Waals surface area contributed by atoms with Crippen molar-refractivity contribution in [3.63, 3.8) is 0 Å². The number of rotatable bonds is 8. The standard InChI is InChI=1S/2C21H15ClF2NO.2C5H5.Ti/c2*1-14-6-8-15(9-7-14)13-25(20-11-10-16(23)12-19(20)24)21(26)17-4-2-3-5-18(17)22;2*1-2-4-5-3-1;/h2*2-11H,13H2,1H3;2*1-3H,4H2;/q4*-1;+4. The van der Waals surface area contributed by atoms with Crippen LogP contribution in [0.5, 0.6) is 0 Å². The topological polar surface area (TPSA) is 40.6 Å². The normalized spacial score (nSPS) is 11.6. The average molecular weight is 920 g/mol. The molecule has 0 fully saturated rings. The van der Waals surface area contributed by atoms with Gasteiger partial charge in [-0.05, 0) is 60.6 Å². The van der Waals surface area contributed by atoms with Gasteiger partial charge in [-0.3, -0.25) is 21.7 Å². The quantitative estimate of drug-likeness (QED) is 0.0867. The third-order valence-corrected chi connectivity index (χ3v) is 9.72. The molecule has 0 saturated heterocycles. The Kier molecular flexibility index (Phi) is 20.1. The van der Waals surface area contributed by atoms with Gasteiger partial charge in [0.15, 0.2) is 0 Å². The first-order chi connectivity index (χ1) is 29.9. The Morgan fingerprint density at radius 3 is 1.19 bits per heavy atom. The second kappa shape index (κ2) is 25.4. The number of aryl methyl sites for hydroxylation is 2. The van der Waals surface area contributed by atoms with Crippen LogP contribution in [0, 0.1) is 61.4 Å². The summed E-state index contributed by atoms with van der Waals surface area (Å²) in [5.74, 6) is -4.47. The summed E-state index contributed by atoms with van der Waals surface area (Å²) in [6.07, 6.45) is 20.0. The van der Waals surface area contributed by atoms with Gasteiger partial charge in [0.25, 0.3) is 0 Å². The number of anilines is 2. The number of nitrogens with zero attached hydrogens (tertiary/aromatic N) is 2. The molecule has 0 unspecified atom stereocenters. The summed E-state index contributed by atoms with van der Waals surface area (Å²) in [7, 11) is 0. The van der Waals surface area contributed by atoms with Crippen LogP contribution >= 0.6 is 23.2 Å². The molecule has 2 aliphatic carbocycles. The monoisotopic (exact) mass is 918 g/mol.